The highest BCUT2D eigenvalue weighted by atomic mass is 32.2. The third-order valence-electron chi connectivity index (χ3n) is 2.51. The molecule has 0 unspecified atom stereocenters. The van der Waals surface area contributed by atoms with Crippen LogP contribution in [0.4, 0.5) is 11.4 Å². The molecule has 0 aromatic heterocycles. The summed E-state index contributed by atoms with van der Waals surface area (Å²) in [5.41, 5.74) is 6.34. The number of amides is 1. The second kappa shape index (κ2) is 4.30. The summed E-state index contributed by atoms with van der Waals surface area (Å²) in [6.45, 7) is -0.0449. The molecule has 1 aromatic rings. The molecule has 1 heterocycles. The third-order valence-corrected chi connectivity index (χ3v) is 3.77. The predicted octanol–water partition coefficient (Wildman–Crippen LogP) is -0.448. The van der Waals surface area contributed by atoms with Gasteiger partial charge >= 0.3 is 0 Å². The topological polar surface area (TPSA) is 105 Å². The number of fused-ring (bicyclic) bond motifs is 1. The van der Waals surface area contributed by atoms with Gasteiger partial charge < -0.3 is 16.0 Å². The molecule has 1 aliphatic rings. The first-order valence-corrected chi connectivity index (χ1v) is 6.56. The number of rotatable bonds is 2. The number of benzene rings is 1. The van der Waals surface area contributed by atoms with Crippen LogP contribution in [0.2, 0.25) is 0 Å². The summed E-state index contributed by atoms with van der Waals surface area (Å²) < 4.78 is 26.9. The molecule has 1 aliphatic heterocycles. The van der Waals surface area contributed by atoms with E-state index >= 15 is 0 Å². The van der Waals surface area contributed by atoms with E-state index in [2.05, 4.69) is 9.71 Å². The number of hydrogen-bond acceptors (Lipinski definition) is 5. The summed E-state index contributed by atoms with van der Waals surface area (Å²) in [6, 6.07) is 4.52. The average molecular weight is 268 g/mol. The lowest BCUT2D eigenvalue weighted by molar-refractivity contribution is -0.119. The number of hydrogen-bond donors (Lipinski definition) is 2. The molecule has 0 atom stereocenters. The molecular formula is C10H12N4O3S. The molecule has 0 spiro atoms. The van der Waals surface area contributed by atoms with E-state index in [9.17, 15) is 13.2 Å². The summed E-state index contributed by atoms with van der Waals surface area (Å²) in [7, 11) is -2.23. The Bertz CT molecular complexity index is 624. The molecule has 0 bridgehead atoms. The number of nitrogens with two attached hydrogens (primary N) is 1. The molecule has 0 fully saturated rings. The molecule has 96 valence electrons. The Kier molecular flexibility index (Phi) is 2.95. The standard InChI is InChI=1S/C10H12N4O3S/c1-12-9(15)5-14-6-13-18(16,17)8-4-2-3-7(11)10(8)14/h2-4,6H,5,11H2,1H3,(H,12,15). The number of sulfonamides is 1. The summed E-state index contributed by atoms with van der Waals surface area (Å²) in [6.07, 6.45) is 1.10. The van der Waals surface area contributed by atoms with Crippen molar-refractivity contribution < 1.29 is 13.2 Å². The monoisotopic (exact) mass is 268 g/mol. The third kappa shape index (κ3) is 2.02. The van der Waals surface area contributed by atoms with Crippen molar-refractivity contribution in [3.63, 3.8) is 0 Å². The molecule has 7 nitrogen and oxygen atoms in total. The second-order valence-electron chi connectivity index (χ2n) is 3.69. The summed E-state index contributed by atoms with van der Waals surface area (Å²) in [5, 5.41) is 2.45. The molecule has 0 radical (unpaired) electrons. The van der Waals surface area contributed by atoms with Gasteiger partial charge in [-0.05, 0) is 12.1 Å². The van der Waals surface area contributed by atoms with Gasteiger partial charge in [0.2, 0.25) is 5.91 Å². The molecule has 3 N–H and O–H groups in total. The maximum Gasteiger partial charge on any atom is 0.285 e. The SMILES string of the molecule is CNC(=O)CN1C=NS(=O)(=O)c2cccc(N)c21. The van der Waals surface area contributed by atoms with Crippen LogP contribution in [0.5, 0.6) is 0 Å². The van der Waals surface area contributed by atoms with E-state index < -0.39 is 10.0 Å². The maximum absolute atomic E-state index is 11.7. The number of para-hydroxylation sites is 1. The molecular weight excluding hydrogens is 256 g/mol. The second-order valence-corrected chi connectivity index (χ2v) is 5.29. The molecule has 2 rings (SSSR count). The van der Waals surface area contributed by atoms with Crippen molar-refractivity contribution in [1.29, 1.82) is 0 Å². The largest absolute Gasteiger partial charge is 0.397 e. The van der Waals surface area contributed by atoms with Gasteiger partial charge in [-0.25, -0.2) is 0 Å². The van der Waals surface area contributed by atoms with Crippen molar-refractivity contribution in [3.8, 4) is 0 Å². The quantitative estimate of drug-likeness (QED) is 0.707. The molecule has 1 amide bonds. The van der Waals surface area contributed by atoms with Crippen molar-refractivity contribution >= 4 is 33.6 Å². The normalized spacial score (nSPS) is 16.2. The van der Waals surface area contributed by atoms with Gasteiger partial charge in [-0.2, -0.15) is 8.42 Å². The van der Waals surface area contributed by atoms with Gasteiger partial charge in [0.25, 0.3) is 10.0 Å². The summed E-state index contributed by atoms with van der Waals surface area (Å²) in [4.78, 5) is 12.8. The van der Waals surface area contributed by atoms with Crippen molar-refractivity contribution in [2.75, 3.05) is 24.2 Å². The van der Waals surface area contributed by atoms with Crippen LogP contribution in [-0.2, 0) is 14.8 Å². The highest BCUT2D eigenvalue weighted by molar-refractivity contribution is 7.90. The van der Waals surface area contributed by atoms with E-state index in [1.807, 2.05) is 0 Å². The first-order chi connectivity index (χ1) is 8.45. The number of nitrogen functional groups attached to an aromatic ring is 1. The predicted molar refractivity (Wildman–Crippen MR) is 67.9 cm³/mol. The maximum atomic E-state index is 11.7. The number of likely N-dealkylation sites (N-methyl/N-ethyl adjacent to an activating group) is 1. The smallest absolute Gasteiger partial charge is 0.285 e. The van der Waals surface area contributed by atoms with Gasteiger partial charge in [-0.1, -0.05) is 6.07 Å². The molecule has 18 heavy (non-hydrogen) atoms. The first kappa shape index (κ1) is 12.4. The summed E-state index contributed by atoms with van der Waals surface area (Å²) in [5.74, 6) is -0.269. The fourth-order valence-corrected chi connectivity index (χ4v) is 2.72. The minimum Gasteiger partial charge on any atom is -0.397 e. The number of carbonyl (C=O) groups is 1. The minimum atomic E-state index is -3.72. The molecule has 1 aromatic carbocycles. The zero-order chi connectivity index (χ0) is 13.3. The highest BCUT2D eigenvalue weighted by Crippen LogP contribution is 2.34. The fourth-order valence-electron chi connectivity index (χ4n) is 1.64. The average Bonchev–Trinajstić information content (AvgIpc) is 2.33. The molecule has 0 saturated carbocycles. The number of anilines is 2. The van der Waals surface area contributed by atoms with Gasteiger partial charge in [-0.3, -0.25) is 4.79 Å². The Morgan fingerprint density at radius 3 is 2.89 bits per heavy atom. The lowest BCUT2D eigenvalue weighted by Crippen LogP contribution is -2.37. The van der Waals surface area contributed by atoms with Crippen molar-refractivity contribution in [2.24, 2.45) is 4.40 Å². The van der Waals surface area contributed by atoms with E-state index in [1.54, 1.807) is 6.07 Å². The van der Waals surface area contributed by atoms with Gasteiger partial charge in [0.15, 0.2) is 0 Å². The fraction of sp³-hybridized carbons (Fsp3) is 0.200. The van der Waals surface area contributed by atoms with E-state index in [4.69, 9.17) is 5.73 Å². The van der Waals surface area contributed by atoms with E-state index in [0.717, 1.165) is 6.34 Å². The van der Waals surface area contributed by atoms with Gasteiger partial charge in [0.05, 0.1) is 11.4 Å². The van der Waals surface area contributed by atoms with Crippen LogP contribution in [0.3, 0.4) is 0 Å². The first-order valence-electron chi connectivity index (χ1n) is 5.12. The van der Waals surface area contributed by atoms with E-state index in [0.29, 0.717) is 0 Å². The molecule has 0 aliphatic carbocycles. The van der Waals surface area contributed by atoms with E-state index in [-0.39, 0.29) is 28.7 Å². The van der Waals surface area contributed by atoms with Crippen molar-refractivity contribution in [3.05, 3.63) is 18.2 Å². The van der Waals surface area contributed by atoms with Crippen LogP contribution in [-0.4, -0.2) is 34.3 Å². The minimum absolute atomic E-state index is 0.00824. The van der Waals surface area contributed by atoms with Crippen LogP contribution in [0, 0.1) is 0 Å². The zero-order valence-corrected chi connectivity index (χ0v) is 10.4. The molecule has 8 heteroatoms. The summed E-state index contributed by atoms with van der Waals surface area (Å²) >= 11 is 0. The van der Waals surface area contributed by atoms with Crippen LogP contribution in [0.15, 0.2) is 27.5 Å². The van der Waals surface area contributed by atoms with Crippen LogP contribution >= 0.6 is 0 Å². The van der Waals surface area contributed by atoms with Crippen LogP contribution in [0.1, 0.15) is 0 Å². The number of nitrogens with one attached hydrogen (secondary N) is 1. The van der Waals surface area contributed by atoms with Gasteiger partial charge in [0.1, 0.15) is 17.8 Å². The van der Waals surface area contributed by atoms with Crippen molar-refractivity contribution in [2.45, 2.75) is 4.90 Å². The van der Waals surface area contributed by atoms with Crippen LogP contribution < -0.4 is 16.0 Å². The van der Waals surface area contributed by atoms with Crippen molar-refractivity contribution in [1.82, 2.24) is 5.32 Å². The highest BCUT2D eigenvalue weighted by Gasteiger charge is 2.27. The lowest BCUT2D eigenvalue weighted by atomic mass is 10.2. The van der Waals surface area contributed by atoms with Crippen LogP contribution in [0.25, 0.3) is 0 Å². The Balaban J connectivity index is 2.53. The zero-order valence-electron chi connectivity index (χ0n) is 9.62. The van der Waals surface area contributed by atoms with E-state index in [1.165, 1.54) is 24.1 Å². The lowest BCUT2D eigenvalue weighted by Gasteiger charge is -2.25. The Morgan fingerprint density at radius 1 is 1.50 bits per heavy atom. The Hall–Kier alpha value is -2.09. The van der Waals surface area contributed by atoms with Gasteiger partial charge in [-0.15, -0.1) is 4.40 Å². The Morgan fingerprint density at radius 2 is 2.22 bits per heavy atom. The number of carbonyl (C=O) groups excluding carboxylic acids is 1. The number of nitrogens with zero attached hydrogens (tertiary/aromatic N) is 2. The Labute approximate surface area is 104 Å². The van der Waals surface area contributed by atoms with Gasteiger partial charge in [0, 0.05) is 7.05 Å². The molecule has 0 saturated heterocycles.